The molecule has 1 heterocycles. The van der Waals surface area contributed by atoms with Crippen molar-refractivity contribution in [2.75, 3.05) is 19.0 Å². The summed E-state index contributed by atoms with van der Waals surface area (Å²) >= 11 is 0. The molecule has 0 saturated carbocycles. The predicted octanol–water partition coefficient (Wildman–Crippen LogP) is 2.41. The summed E-state index contributed by atoms with van der Waals surface area (Å²) in [5, 5.41) is 12.7. The van der Waals surface area contributed by atoms with Crippen LogP contribution in [0, 0.1) is 0 Å². The Morgan fingerprint density at radius 1 is 1.15 bits per heavy atom. The number of nitrogens with one attached hydrogen (secondary N) is 1. The SMILES string of the molecule is COc1ccc(NC(=O)[C@@H]2C[C@H](O)CN2C(=O)OCc2ccccc2)cc1. The van der Waals surface area contributed by atoms with Crippen LogP contribution in [0.5, 0.6) is 5.75 Å². The second-order valence-corrected chi connectivity index (χ2v) is 6.32. The van der Waals surface area contributed by atoms with Crippen LogP contribution >= 0.6 is 0 Å². The molecule has 7 heteroatoms. The van der Waals surface area contributed by atoms with Gasteiger partial charge in [0, 0.05) is 12.1 Å². The fourth-order valence-corrected chi connectivity index (χ4v) is 2.97. The zero-order valence-electron chi connectivity index (χ0n) is 15.0. The van der Waals surface area contributed by atoms with Crippen LogP contribution in [0.25, 0.3) is 0 Å². The van der Waals surface area contributed by atoms with Crippen LogP contribution < -0.4 is 10.1 Å². The maximum Gasteiger partial charge on any atom is 0.410 e. The lowest BCUT2D eigenvalue weighted by atomic mass is 10.2. The minimum atomic E-state index is -0.787. The van der Waals surface area contributed by atoms with E-state index in [1.807, 2.05) is 30.3 Å². The normalized spacial score (nSPS) is 18.8. The van der Waals surface area contributed by atoms with Crippen molar-refractivity contribution in [2.45, 2.75) is 25.2 Å². The lowest BCUT2D eigenvalue weighted by Crippen LogP contribution is -2.43. The molecule has 27 heavy (non-hydrogen) atoms. The first kappa shape index (κ1) is 18.7. The van der Waals surface area contributed by atoms with Gasteiger partial charge in [-0.2, -0.15) is 0 Å². The van der Waals surface area contributed by atoms with Gasteiger partial charge in [-0.05, 0) is 29.8 Å². The number of aliphatic hydroxyl groups excluding tert-OH is 1. The van der Waals surface area contributed by atoms with E-state index in [-0.39, 0.29) is 25.5 Å². The molecule has 0 bridgehead atoms. The Kier molecular flexibility index (Phi) is 5.93. The first-order valence-corrected chi connectivity index (χ1v) is 8.67. The van der Waals surface area contributed by atoms with Crippen LogP contribution in [-0.2, 0) is 16.1 Å². The number of aliphatic hydroxyl groups is 1. The molecule has 1 aliphatic heterocycles. The third kappa shape index (κ3) is 4.77. The highest BCUT2D eigenvalue weighted by atomic mass is 16.6. The molecule has 0 radical (unpaired) electrons. The zero-order valence-corrected chi connectivity index (χ0v) is 15.0. The van der Waals surface area contributed by atoms with E-state index in [2.05, 4.69) is 5.32 Å². The molecule has 142 valence electrons. The summed E-state index contributed by atoms with van der Waals surface area (Å²) in [5.41, 5.74) is 1.43. The summed E-state index contributed by atoms with van der Waals surface area (Å²) in [6, 6.07) is 15.4. The Morgan fingerprint density at radius 3 is 2.52 bits per heavy atom. The zero-order chi connectivity index (χ0) is 19.2. The predicted molar refractivity (Wildman–Crippen MR) is 99.4 cm³/mol. The largest absolute Gasteiger partial charge is 0.497 e. The van der Waals surface area contributed by atoms with Crippen molar-refractivity contribution < 1.29 is 24.2 Å². The molecule has 1 saturated heterocycles. The number of carbonyl (C=O) groups is 2. The number of β-amino-alcohol motifs (C(OH)–C–C–N with tert-alkyl or cyclic N) is 1. The minimum Gasteiger partial charge on any atom is -0.497 e. The van der Waals surface area contributed by atoms with Gasteiger partial charge in [-0.3, -0.25) is 9.69 Å². The molecule has 0 unspecified atom stereocenters. The van der Waals surface area contributed by atoms with Gasteiger partial charge in [0.1, 0.15) is 18.4 Å². The van der Waals surface area contributed by atoms with Crippen molar-refractivity contribution in [3.63, 3.8) is 0 Å². The highest BCUT2D eigenvalue weighted by Gasteiger charge is 2.39. The molecule has 0 aliphatic carbocycles. The molecule has 2 aromatic rings. The first-order valence-electron chi connectivity index (χ1n) is 8.67. The number of anilines is 1. The van der Waals surface area contributed by atoms with Crippen molar-refractivity contribution in [3.05, 3.63) is 60.2 Å². The summed E-state index contributed by atoms with van der Waals surface area (Å²) in [6.07, 6.45) is -1.21. The number of hydrogen-bond donors (Lipinski definition) is 2. The van der Waals surface area contributed by atoms with Gasteiger partial charge in [-0.1, -0.05) is 30.3 Å². The van der Waals surface area contributed by atoms with E-state index in [1.165, 1.54) is 4.90 Å². The molecule has 3 rings (SSSR count). The van der Waals surface area contributed by atoms with E-state index in [9.17, 15) is 14.7 Å². The number of carbonyl (C=O) groups excluding carboxylic acids is 2. The minimum absolute atomic E-state index is 0.0638. The van der Waals surface area contributed by atoms with Crippen molar-refractivity contribution in [1.82, 2.24) is 4.90 Å². The van der Waals surface area contributed by atoms with Crippen molar-refractivity contribution in [3.8, 4) is 5.75 Å². The lowest BCUT2D eigenvalue weighted by molar-refractivity contribution is -0.120. The Hall–Kier alpha value is -3.06. The van der Waals surface area contributed by atoms with Crippen LogP contribution in [-0.4, -0.2) is 47.8 Å². The number of methoxy groups -OCH3 is 1. The average molecular weight is 370 g/mol. The van der Waals surface area contributed by atoms with E-state index in [0.717, 1.165) is 5.56 Å². The Labute approximate surface area is 157 Å². The van der Waals surface area contributed by atoms with Gasteiger partial charge in [0.25, 0.3) is 0 Å². The number of nitrogens with zero attached hydrogens (tertiary/aromatic N) is 1. The topological polar surface area (TPSA) is 88.1 Å². The summed E-state index contributed by atoms with van der Waals surface area (Å²) in [7, 11) is 1.56. The van der Waals surface area contributed by atoms with Gasteiger partial charge >= 0.3 is 6.09 Å². The van der Waals surface area contributed by atoms with E-state index in [4.69, 9.17) is 9.47 Å². The molecule has 2 aromatic carbocycles. The van der Waals surface area contributed by atoms with E-state index >= 15 is 0 Å². The number of ether oxygens (including phenoxy) is 2. The molecular formula is C20H22N2O5. The van der Waals surface area contributed by atoms with Crippen LogP contribution in [0.4, 0.5) is 10.5 Å². The fourth-order valence-electron chi connectivity index (χ4n) is 2.97. The van der Waals surface area contributed by atoms with Crippen molar-refractivity contribution in [2.24, 2.45) is 0 Å². The van der Waals surface area contributed by atoms with Gasteiger partial charge in [0.2, 0.25) is 5.91 Å². The Bertz CT molecular complexity index is 779. The molecule has 0 aromatic heterocycles. The second-order valence-electron chi connectivity index (χ2n) is 6.32. The summed E-state index contributed by atoms with van der Waals surface area (Å²) in [6.45, 7) is 0.174. The van der Waals surface area contributed by atoms with Crippen LogP contribution in [0.2, 0.25) is 0 Å². The number of rotatable bonds is 5. The monoisotopic (exact) mass is 370 g/mol. The molecule has 2 amide bonds. The van der Waals surface area contributed by atoms with Gasteiger partial charge < -0.3 is 19.9 Å². The number of likely N-dealkylation sites (tertiary alicyclic amines) is 1. The van der Waals surface area contributed by atoms with Gasteiger partial charge in [-0.25, -0.2) is 4.79 Å². The molecular weight excluding hydrogens is 348 g/mol. The van der Waals surface area contributed by atoms with E-state index in [0.29, 0.717) is 11.4 Å². The molecule has 7 nitrogen and oxygen atoms in total. The smallest absolute Gasteiger partial charge is 0.410 e. The maximum absolute atomic E-state index is 12.6. The standard InChI is InChI=1S/C20H22N2O5/c1-26-17-9-7-15(8-10-17)21-19(24)18-11-16(23)12-22(18)20(25)27-13-14-5-3-2-4-6-14/h2-10,16,18,23H,11-13H2,1H3,(H,21,24)/t16-,18-/m0/s1. The highest BCUT2D eigenvalue weighted by Crippen LogP contribution is 2.22. The summed E-state index contributed by atoms with van der Waals surface area (Å²) < 4.78 is 10.4. The molecule has 2 N–H and O–H groups in total. The van der Waals surface area contributed by atoms with Crippen molar-refractivity contribution in [1.29, 1.82) is 0 Å². The highest BCUT2D eigenvalue weighted by molar-refractivity contribution is 5.97. The lowest BCUT2D eigenvalue weighted by Gasteiger charge is -2.23. The Morgan fingerprint density at radius 2 is 1.85 bits per heavy atom. The Balaban J connectivity index is 1.61. The number of hydrogen-bond acceptors (Lipinski definition) is 5. The molecule has 0 spiro atoms. The molecule has 1 aliphatic rings. The van der Waals surface area contributed by atoms with Crippen LogP contribution in [0.15, 0.2) is 54.6 Å². The van der Waals surface area contributed by atoms with Crippen LogP contribution in [0.3, 0.4) is 0 Å². The van der Waals surface area contributed by atoms with Gasteiger partial charge in [0.15, 0.2) is 0 Å². The van der Waals surface area contributed by atoms with E-state index < -0.39 is 18.2 Å². The number of benzene rings is 2. The van der Waals surface area contributed by atoms with Crippen molar-refractivity contribution >= 4 is 17.7 Å². The van der Waals surface area contributed by atoms with Gasteiger partial charge in [0.05, 0.1) is 19.8 Å². The summed E-state index contributed by atoms with van der Waals surface area (Å²) in [4.78, 5) is 26.3. The molecule has 2 atom stereocenters. The maximum atomic E-state index is 12.6. The van der Waals surface area contributed by atoms with Crippen LogP contribution in [0.1, 0.15) is 12.0 Å². The average Bonchev–Trinajstić information content (AvgIpc) is 3.09. The third-order valence-corrected chi connectivity index (χ3v) is 4.38. The summed E-state index contributed by atoms with van der Waals surface area (Å²) in [5.74, 6) is 0.309. The van der Waals surface area contributed by atoms with E-state index in [1.54, 1.807) is 31.4 Å². The fraction of sp³-hybridized carbons (Fsp3) is 0.300. The number of amides is 2. The first-order chi connectivity index (χ1) is 13.1. The second kappa shape index (κ2) is 8.55. The third-order valence-electron chi connectivity index (χ3n) is 4.38. The quantitative estimate of drug-likeness (QED) is 0.844. The van der Waals surface area contributed by atoms with Gasteiger partial charge in [-0.15, -0.1) is 0 Å². The molecule has 1 fully saturated rings.